The second kappa shape index (κ2) is 10.4. The Labute approximate surface area is 131 Å². The molecule has 0 saturated carbocycles. The van der Waals surface area contributed by atoms with Gasteiger partial charge in [0.1, 0.15) is 0 Å². The minimum absolute atomic E-state index is 1.04. The Kier molecular flexibility index (Phi) is 10.3. The summed E-state index contributed by atoms with van der Waals surface area (Å²) in [6, 6.07) is 0. The van der Waals surface area contributed by atoms with Gasteiger partial charge >= 0.3 is 5.51 Å². The zero-order valence-electron chi connectivity index (χ0n) is 13.4. The summed E-state index contributed by atoms with van der Waals surface area (Å²) in [5.74, 6) is 1.04. The Balaban J connectivity index is 0.000000472. The highest BCUT2D eigenvalue weighted by Gasteiger charge is 2.36. The molecule has 0 aromatic heterocycles. The van der Waals surface area contributed by atoms with Crippen LogP contribution in [0.5, 0.6) is 0 Å². The van der Waals surface area contributed by atoms with E-state index < -0.39 is 15.6 Å². The van der Waals surface area contributed by atoms with Crippen LogP contribution in [0.25, 0.3) is 0 Å². The summed E-state index contributed by atoms with van der Waals surface area (Å²) in [7, 11) is -6.09. The monoisotopic (exact) mass is 347 g/mol. The first-order valence-electron chi connectivity index (χ1n) is 7.97. The Morgan fingerprint density at radius 3 is 2.09 bits per heavy atom. The molecule has 0 spiro atoms. The zero-order chi connectivity index (χ0) is 17.2. The first-order chi connectivity index (χ1) is 10.1. The molecule has 1 aliphatic heterocycles. The van der Waals surface area contributed by atoms with Gasteiger partial charge in [0.2, 0.25) is 0 Å². The Hall–Kier alpha value is -0.340. The molecule has 0 amide bonds. The molecule has 0 bridgehead atoms. The lowest BCUT2D eigenvalue weighted by Gasteiger charge is -2.12. The van der Waals surface area contributed by atoms with Gasteiger partial charge in [-0.25, -0.2) is 8.42 Å². The van der Waals surface area contributed by atoms with Crippen molar-refractivity contribution in [1.29, 1.82) is 0 Å². The van der Waals surface area contributed by atoms with Crippen molar-refractivity contribution in [2.75, 3.05) is 19.6 Å². The van der Waals surface area contributed by atoms with E-state index in [1.807, 2.05) is 4.90 Å². The second-order valence-electron chi connectivity index (χ2n) is 5.83. The number of quaternary nitrogens is 1. The zero-order valence-corrected chi connectivity index (χ0v) is 14.2. The van der Waals surface area contributed by atoms with E-state index in [1.165, 1.54) is 64.6 Å². The van der Waals surface area contributed by atoms with Crippen LogP contribution >= 0.6 is 0 Å². The molecule has 1 saturated heterocycles. The van der Waals surface area contributed by atoms with E-state index in [0.29, 0.717) is 0 Å². The minimum Gasteiger partial charge on any atom is -0.741 e. The molecule has 1 aliphatic rings. The van der Waals surface area contributed by atoms with E-state index in [4.69, 9.17) is 13.0 Å². The van der Waals surface area contributed by atoms with Crippen molar-refractivity contribution in [2.45, 2.75) is 64.3 Å². The number of rotatable bonds is 7. The van der Waals surface area contributed by atoms with Crippen molar-refractivity contribution in [3.05, 3.63) is 0 Å². The van der Waals surface area contributed by atoms with Gasteiger partial charge in [-0.3, -0.25) is 0 Å². The molecule has 1 fully saturated rings. The number of hydrogen-bond donors (Lipinski definition) is 1. The maximum absolute atomic E-state index is 10.7. The van der Waals surface area contributed by atoms with Crippen molar-refractivity contribution in [2.24, 2.45) is 5.92 Å². The molecule has 1 heterocycles. The highest BCUT2D eigenvalue weighted by Crippen LogP contribution is 2.20. The van der Waals surface area contributed by atoms with Gasteiger partial charge in [0.05, 0.1) is 19.6 Å². The fourth-order valence-electron chi connectivity index (χ4n) is 2.57. The Bertz CT molecular complexity index is 385. The molecule has 0 aromatic rings. The number of unbranched alkanes of at least 4 members (excludes halogenated alkanes) is 4. The van der Waals surface area contributed by atoms with Crippen LogP contribution in [0.1, 0.15) is 58.8 Å². The molecule has 0 aromatic carbocycles. The third kappa shape index (κ3) is 9.63. The molecule has 0 radical (unpaired) electrons. The normalized spacial score (nSPS) is 22.3. The summed E-state index contributed by atoms with van der Waals surface area (Å²) < 4.78 is 58.9. The number of hydrogen-bond acceptors (Lipinski definition) is 3. The molecular formula is C14H28F3NO3S. The smallest absolute Gasteiger partial charge is 0.485 e. The van der Waals surface area contributed by atoms with Crippen molar-refractivity contribution < 1.29 is 31.0 Å². The summed E-state index contributed by atoms with van der Waals surface area (Å²) in [4.78, 5) is 1.88. The molecule has 2 unspecified atom stereocenters. The van der Waals surface area contributed by atoms with Crippen LogP contribution in [0.2, 0.25) is 0 Å². The minimum atomic E-state index is -6.09. The van der Waals surface area contributed by atoms with Gasteiger partial charge in [0.15, 0.2) is 10.1 Å². The molecule has 134 valence electrons. The predicted octanol–water partition coefficient (Wildman–Crippen LogP) is 2.32. The van der Waals surface area contributed by atoms with Crippen LogP contribution in [-0.2, 0) is 10.1 Å². The summed E-state index contributed by atoms with van der Waals surface area (Å²) in [5.41, 5.74) is -5.65. The van der Waals surface area contributed by atoms with Gasteiger partial charge in [-0.05, 0) is 19.3 Å². The predicted molar refractivity (Wildman–Crippen MR) is 78.5 cm³/mol. The Morgan fingerprint density at radius 2 is 1.68 bits per heavy atom. The maximum atomic E-state index is 10.7. The van der Waals surface area contributed by atoms with Crippen molar-refractivity contribution >= 4 is 10.1 Å². The molecule has 0 aliphatic carbocycles. The van der Waals surface area contributed by atoms with Gasteiger partial charge in [-0.1, -0.05) is 33.1 Å². The third-order valence-electron chi connectivity index (χ3n) is 3.98. The average molecular weight is 347 g/mol. The van der Waals surface area contributed by atoms with Crippen LogP contribution in [0.3, 0.4) is 0 Å². The number of halogens is 3. The molecule has 1 rings (SSSR count). The molecule has 2 atom stereocenters. The second-order valence-corrected chi connectivity index (χ2v) is 7.20. The van der Waals surface area contributed by atoms with Crippen molar-refractivity contribution in [3.63, 3.8) is 0 Å². The largest absolute Gasteiger partial charge is 0.741 e. The molecule has 22 heavy (non-hydrogen) atoms. The quantitative estimate of drug-likeness (QED) is 0.437. The lowest BCUT2D eigenvalue weighted by molar-refractivity contribution is -0.889. The molecule has 1 N–H and O–H groups in total. The highest BCUT2D eigenvalue weighted by molar-refractivity contribution is 7.86. The summed E-state index contributed by atoms with van der Waals surface area (Å²) in [6.07, 6.45) is 10.1. The van der Waals surface area contributed by atoms with Crippen LogP contribution in [0.4, 0.5) is 13.2 Å². The maximum Gasteiger partial charge on any atom is 0.485 e. The number of nitrogens with one attached hydrogen (secondary N) is 1. The van der Waals surface area contributed by atoms with E-state index in [9.17, 15) is 13.2 Å². The highest BCUT2D eigenvalue weighted by atomic mass is 32.2. The van der Waals surface area contributed by atoms with Gasteiger partial charge in [-0.2, -0.15) is 13.2 Å². The first kappa shape index (κ1) is 21.7. The fraction of sp³-hybridized carbons (Fsp3) is 1.00. The topological polar surface area (TPSA) is 61.6 Å². The SMILES string of the molecule is CCCCCCC[NH+]1CCC(CC)C1.O=S(=O)([O-])C(F)(F)F. The van der Waals surface area contributed by atoms with Crippen LogP contribution in [0.15, 0.2) is 0 Å². The average Bonchev–Trinajstić information content (AvgIpc) is 2.85. The van der Waals surface area contributed by atoms with Gasteiger partial charge in [-0.15, -0.1) is 0 Å². The fourth-order valence-corrected chi connectivity index (χ4v) is 2.57. The van der Waals surface area contributed by atoms with Gasteiger partial charge in [0, 0.05) is 12.3 Å². The summed E-state index contributed by atoms with van der Waals surface area (Å²) >= 11 is 0. The lowest BCUT2D eigenvalue weighted by Crippen LogP contribution is -3.10. The standard InChI is InChI=1S/C13H27N.CHF3O3S/c1-3-5-6-7-8-10-14-11-9-13(4-2)12-14;2-1(3,4)8(5,6)7/h13H,3-12H2,1-2H3;(H,5,6,7). The Morgan fingerprint density at radius 1 is 1.14 bits per heavy atom. The van der Waals surface area contributed by atoms with Gasteiger partial charge < -0.3 is 9.45 Å². The van der Waals surface area contributed by atoms with E-state index >= 15 is 0 Å². The lowest BCUT2D eigenvalue weighted by atomic mass is 10.1. The van der Waals surface area contributed by atoms with E-state index in [1.54, 1.807) is 0 Å². The van der Waals surface area contributed by atoms with Crippen LogP contribution in [-0.4, -0.2) is 38.1 Å². The van der Waals surface area contributed by atoms with E-state index in [2.05, 4.69) is 13.8 Å². The molecule has 4 nitrogen and oxygen atoms in total. The van der Waals surface area contributed by atoms with E-state index in [0.717, 1.165) is 5.92 Å². The van der Waals surface area contributed by atoms with Crippen molar-refractivity contribution in [3.8, 4) is 0 Å². The number of likely N-dealkylation sites (tertiary alicyclic amines) is 1. The van der Waals surface area contributed by atoms with E-state index in [-0.39, 0.29) is 0 Å². The van der Waals surface area contributed by atoms with Crippen LogP contribution < -0.4 is 4.90 Å². The molecular weight excluding hydrogens is 319 g/mol. The summed E-state index contributed by atoms with van der Waals surface area (Å²) in [6.45, 7) is 8.99. The molecule has 8 heteroatoms. The van der Waals surface area contributed by atoms with Gasteiger partial charge in [0.25, 0.3) is 0 Å². The first-order valence-corrected chi connectivity index (χ1v) is 9.38. The summed E-state index contributed by atoms with van der Waals surface area (Å²) in [5, 5.41) is 0. The third-order valence-corrected chi connectivity index (χ3v) is 4.55. The number of alkyl halides is 3. The van der Waals surface area contributed by atoms with Crippen molar-refractivity contribution in [1.82, 2.24) is 0 Å². The van der Waals surface area contributed by atoms with Crippen LogP contribution in [0, 0.1) is 5.92 Å².